The van der Waals surface area contributed by atoms with E-state index in [0.717, 1.165) is 19.3 Å². The van der Waals surface area contributed by atoms with Gasteiger partial charge in [0.1, 0.15) is 0 Å². The molecule has 22 heavy (non-hydrogen) atoms. The van der Waals surface area contributed by atoms with Gasteiger partial charge >= 0.3 is 12.0 Å². The van der Waals surface area contributed by atoms with E-state index in [-0.39, 0.29) is 11.9 Å². The zero-order chi connectivity index (χ0) is 16.1. The molecule has 0 aromatic heterocycles. The molecule has 6 heteroatoms. The topological polar surface area (TPSA) is 78.9 Å². The first-order valence-electron chi connectivity index (χ1n) is 8.36. The van der Waals surface area contributed by atoms with Gasteiger partial charge in [-0.05, 0) is 51.9 Å². The summed E-state index contributed by atoms with van der Waals surface area (Å²) in [7, 11) is 0. The molecule has 2 rings (SSSR count). The van der Waals surface area contributed by atoms with Crippen molar-refractivity contribution < 1.29 is 19.4 Å². The number of carboxylic acids is 1. The van der Waals surface area contributed by atoms with Crippen molar-refractivity contribution in [3.63, 3.8) is 0 Å². The SMILES string of the molecule is CC1CC(CCNC(=O)N2CCC(C(=O)O)CC2)CC(C)O1. The average molecular weight is 312 g/mol. The maximum atomic E-state index is 12.1. The molecule has 0 spiro atoms. The van der Waals surface area contributed by atoms with E-state index >= 15 is 0 Å². The van der Waals surface area contributed by atoms with Crippen molar-refractivity contribution in [3.8, 4) is 0 Å². The average Bonchev–Trinajstić information content (AvgIpc) is 2.46. The maximum absolute atomic E-state index is 12.1. The van der Waals surface area contributed by atoms with Crippen LogP contribution in [0.4, 0.5) is 4.79 Å². The minimum Gasteiger partial charge on any atom is -0.481 e. The Kier molecular flexibility index (Phi) is 6.06. The molecule has 0 radical (unpaired) electrons. The van der Waals surface area contributed by atoms with Gasteiger partial charge in [-0.15, -0.1) is 0 Å². The summed E-state index contributed by atoms with van der Waals surface area (Å²) in [6.07, 6.45) is 4.82. The lowest BCUT2D eigenvalue weighted by Gasteiger charge is -2.33. The molecular weight excluding hydrogens is 284 g/mol. The molecule has 0 saturated carbocycles. The monoisotopic (exact) mass is 312 g/mol. The number of amides is 2. The minimum atomic E-state index is -0.747. The zero-order valence-electron chi connectivity index (χ0n) is 13.6. The summed E-state index contributed by atoms with van der Waals surface area (Å²) in [4.78, 5) is 24.7. The summed E-state index contributed by atoms with van der Waals surface area (Å²) >= 11 is 0. The van der Waals surface area contributed by atoms with Gasteiger partial charge in [-0.1, -0.05) is 0 Å². The summed E-state index contributed by atoms with van der Waals surface area (Å²) in [6.45, 7) is 5.96. The Labute approximate surface area is 132 Å². The molecule has 2 unspecified atom stereocenters. The number of nitrogens with one attached hydrogen (secondary N) is 1. The fourth-order valence-corrected chi connectivity index (χ4v) is 3.60. The Morgan fingerprint density at radius 1 is 1.18 bits per heavy atom. The van der Waals surface area contributed by atoms with Crippen LogP contribution < -0.4 is 5.32 Å². The summed E-state index contributed by atoms with van der Waals surface area (Å²) in [5.74, 6) is -0.436. The van der Waals surface area contributed by atoms with Crippen LogP contribution in [0.15, 0.2) is 0 Å². The molecule has 2 amide bonds. The number of carboxylic acid groups (broad SMARTS) is 1. The Morgan fingerprint density at radius 3 is 2.32 bits per heavy atom. The van der Waals surface area contributed by atoms with Gasteiger partial charge in [0.25, 0.3) is 0 Å². The van der Waals surface area contributed by atoms with Gasteiger partial charge in [0.15, 0.2) is 0 Å². The van der Waals surface area contributed by atoms with Crippen molar-refractivity contribution in [2.75, 3.05) is 19.6 Å². The van der Waals surface area contributed by atoms with Gasteiger partial charge < -0.3 is 20.1 Å². The van der Waals surface area contributed by atoms with E-state index in [4.69, 9.17) is 9.84 Å². The normalized spacial score (nSPS) is 30.1. The summed E-state index contributed by atoms with van der Waals surface area (Å²) in [6, 6.07) is -0.0583. The minimum absolute atomic E-state index is 0.0583. The number of carbonyl (C=O) groups is 2. The van der Waals surface area contributed by atoms with Crippen LogP contribution in [0.1, 0.15) is 46.0 Å². The van der Waals surface area contributed by atoms with Crippen molar-refractivity contribution in [1.82, 2.24) is 10.2 Å². The molecule has 2 N–H and O–H groups in total. The van der Waals surface area contributed by atoms with Crippen molar-refractivity contribution in [2.45, 2.75) is 58.2 Å². The van der Waals surface area contributed by atoms with Crippen LogP contribution in [-0.4, -0.2) is 53.8 Å². The smallest absolute Gasteiger partial charge is 0.317 e. The molecule has 0 aliphatic carbocycles. The summed E-state index contributed by atoms with van der Waals surface area (Å²) < 4.78 is 5.72. The molecule has 0 bridgehead atoms. The van der Waals surface area contributed by atoms with Crippen LogP contribution in [0.2, 0.25) is 0 Å². The van der Waals surface area contributed by atoms with Crippen molar-refractivity contribution >= 4 is 12.0 Å². The zero-order valence-corrected chi connectivity index (χ0v) is 13.6. The second-order valence-corrected chi connectivity index (χ2v) is 6.71. The molecule has 2 heterocycles. The predicted molar refractivity (Wildman–Crippen MR) is 82.7 cm³/mol. The van der Waals surface area contributed by atoms with E-state index in [1.807, 2.05) is 0 Å². The lowest BCUT2D eigenvalue weighted by atomic mass is 9.90. The highest BCUT2D eigenvalue weighted by atomic mass is 16.5. The molecule has 2 fully saturated rings. The third kappa shape index (κ3) is 4.87. The molecule has 6 nitrogen and oxygen atoms in total. The van der Waals surface area contributed by atoms with Crippen LogP contribution in [0.25, 0.3) is 0 Å². The molecule has 0 aromatic carbocycles. The Bertz CT molecular complexity index is 384. The van der Waals surface area contributed by atoms with Crippen LogP contribution in [0.3, 0.4) is 0 Å². The lowest BCUT2D eigenvalue weighted by Crippen LogP contribution is -2.46. The third-order valence-corrected chi connectivity index (χ3v) is 4.76. The number of carbonyl (C=O) groups excluding carboxylic acids is 1. The number of hydrogen-bond donors (Lipinski definition) is 2. The molecular formula is C16H28N2O4. The first-order chi connectivity index (χ1) is 10.5. The van der Waals surface area contributed by atoms with E-state index < -0.39 is 5.97 Å². The number of rotatable bonds is 4. The summed E-state index contributed by atoms with van der Waals surface area (Å²) in [5.41, 5.74) is 0. The number of aliphatic carboxylic acids is 1. The first-order valence-corrected chi connectivity index (χ1v) is 8.36. The highest BCUT2D eigenvalue weighted by molar-refractivity contribution is 5.75. The van der Waals surface area contributed by atoms with Gasteiger partial charge in [-0.2, -0.15) is 0 Å². The number of likely N-dealkylation sites (tertiary alicyclic amines) is 1. The standard InChI is InChI=1S/C16H28N2O4/c1-11-9-13(10-12(2)22-11)3-6-17-16(21)18-7-4-14(5-8-18)15(19)20/h11-14H,3-10H2,1-2H3,(H,17,21)(H,19,20). The number of ether oxygens (including phenoxy) is 1. The fourth-order valence-electron chi connectivity index (χ4n) is 3.60. The highest BCUT2D eigenvalue weighted by Gasteiger charge is 2.27. The number of urea groups is 1. The second kappa shape index (κ2) is 7.81. The second-order valence-electron chi connectivity index (χ2n) is 6.71. The van der Waals surface area contributed by atoms with Gasteiger partial charge in [0.05, 0.1) is 18.1 Å². The van der Waals surface area contributed by atoms with Crippen LogP contribution in [0.5, 0.6) is 0 Å². The lowest BCUT2D eigenvalue weighted by molar-refractivity contribution is -0.143. The van der Waals surface area contributed by atoms with E-state index in [2.05, 4.69) is 19.2 Å². The quantitative estimate of drug-likeness (QED) is 0.833. The van der Waals surface area contributed by atoms with Gasteiger partial charge in [-0.25, -0.2) is 4.79 Å². The van der Waals surface area contributed by atoms with Gasteiger partial charge in [0.2, 0.25) is 0 Å². The molecule has 2 saturated heterocycles. The first kappa shape index (κ1) is 17.1. The Balaban J connectivity index is 1.65. The number of nitrogens with zero attached hydrogens (tertiary/aromatic N) is 1. The number of hydrogen-bond acceptors (Lipinski definition) is 3. The van der Waals surface area contributed by atoms with Gasteiger partial charge in [0, 0.05) is 19.6 Å². The van der Waals surface area contributed by atoms with Crippen LogP contribution >= 0.6 is 0 Å². The van der Waals surface area contributed by atoms with E-state index in [0.29, 0.717) is 50.6 Å². The molecule has 2 aliphatic rings. The Hall–Kier alpha value is -1.30. The fraction of sp³-hybridized carbons (Fsp3) is 0.875. The third-order valence-electron chi connectivity index (χ3n) is 4.76. The van der Waals surface area contributed by atoms with E-state index in [1.54, 1.807) is 4.90 Å². The van der Waals surface area contributed by atoms with E-state index in [1.165, 1.54) is 0 Å². The van der Waals surface area contributed by atoms with Crippen LogP contribution in [-0.2, 0) is 9.53 Å². The molecule has 2 atom stereocenters. The summed E-state index contributed by atoms with van der Waals surface area (Å²) in [5, 5.41) is 11.9. The maximum Gasteiger partial charge on any atom is 0.317 e. The van der Waals surface area contributed by atoms with Crippen molar-refractivity contribution in [1.29, 1.82) is 0 Å². The van der Waals surface area contributed by atoms with Crippen LogP contribution in [0, 0.1) is 11.8 Å². The van der Waals surface area contributed by atoms with E-state index in [9.17, 15) is 9.59 Å². The molecule has 2 aliphatic heterocycles. The van der Waals surface area contributed by atoms with Gasteiger partial charge in [-0.3, -0.25) is 4.79 Å². The number of piperidine rings is 1. The predicted octanol–water partition coefficient (Wildman–Crippen LogP) is 2.09. The molecule has 0 aromatic rings. The Morgan fingerprint density at radius 2 is 1.77 bits per heavy atom. The largest absolute Gasteiger partial charge is 0.481 e. The van der Waals surface area contributed by atoms with Crippen molar-refractivity contribution in [2.24, 2.45) is 11.8 Å². The van der Waals surface area contributed by atoms with Crippen molar-refractivity contribution in [3.05, 3.63) is 0 Å². The molecule has 126 valence electrons. The highest BCUT2D eigenvalue weighted by Crippen LogP contribution is 2.26.